The van der Waals surface area contributed by atoms with Crippen molar-refractivity contribution >= 4 is 39.3 Å². The van der Waals surface area contributed by atoms with Crippen molar-refractivity contribution in [2.75, 3.05) is 0 Å². The summed E-state index contributed by atoms with van der Waals surface area (Å²) in [5.41, 5.74) is 0.107. The van der Waals surface area contributed by atoms with E-state index in [0.29, 0.717) is 15.1 Å². The highest BCUT2D eigenvalue weighted by Gasteiger charge is 2.21. The van der Waals surface area contributed by atoms with Gasteiger partial charge in [-0.15, -0.1) is 0 Å². The van der Waals surface area contributed by atoms with E-state index < -0.39 is 6.04 Å². The zero-order valence-corrected chi connectivity index (χ0v) is 14.2. The maximum absolute atomic E-state index is 12.0. The van der Waals surface area contributed by atoms with Crippen molar-refractivity contribution in [3.63, 3.8) is 0 Å². The monoisotopic (exact) mass is 360 g/mol. The number of hydrogen-bond acceptors (Lipinski definition) is 2. The van der Waals surface area contributed by atoms with Gasteiger partial charge >= 0.3 is 0 Å². The van der Waals surface area contributed by atoms with Crippen LogP contribution >= 0.6 is 27.5 Å². The smallest absolute Gasteiger partial charge is 0.251 e. The van der Waals surface area contributed by atoms with Crippen LogP contribution in [-0.2, 0) is 4.79 Å². The molecule has 0 fully saturated rings. The van der Waals surface area contributed by atoms with Crippen LogP contribution in [0.15, 0.2) is 22.7 Å². The Morgan fingerprint density at radius 3 is 2.40 bits per heavy atom. The maximum atomic E-state index is 12.0. The van der Waals surface area contributed by atoms with Gasteiger partial charge in [0.2, 0.25) is 5.91 Å². The zero-order valence-electron chi connectivity index (χ0n) is 11.9. The van der Waals surface area contributed by atoms with Crippen LogP contribution in [0.2, 0.25) is 5.02 Å². The van der Waals surface area contributed by atoms with Gasteiger partial charge in [0.05, 0.1) is 5.02 Å². The van der Waals surface area contributed by atoms with Gasteiger partial charge in [-0.2, -0.15) is 0 Å². The number of nitrogens with one attached hydrogen (secondary N) is 2. The topological polar surface area (TPSA) is 58.2 Å². The molecule has 0 heterocycles. The predicted molar refractivity (Wildman–Crippen MR) is 84.0 cm³/mol. The van der Waals surface area contributed by atoms with Crippen LogP contribution in [0.3, 0.4) is 0 Å². The van der Waals surface area contributed by atoms with Gasteiger partial charge in [0.15, 0.2) is 0 Å². The molecule has 0 aliphatic rings. The molecule has 1 aromatic rings. The minimum atomic E-state index is -0.615. The van der Waals surface area contributed by atoms with E-state index in [1.165, 1.54) is 0 Å². The Hall–Kier alpha value is -1.07. The maximum Gasteiger partial charge on any atom is 0.251 e. The highest BCUT2D eigenvalue weighted by Crippen LogP contribution is 2.23. The lowest BCUT2D eigenvalue weighted by atomic mass is 10.1. The van der Waals surface area contributed by atoms with E-state index in [4.69, 9.17) is 11.6 Å². The molecule has 0 aliphatic heterocycles. The highest BCUT2D eigenvalue weighted by molar-refractivity contribution is 9.10. The average molecular weight is 362 g/mol. The van der Waals surface area contributed by atoms with Crippen molar-refractivity contribution in [1.29, 1.82) is 0 Å². The van der Waals surface area contributed by atoms with Crippen LogP contribution in [-0.4, -0.2) is 23.4 Å². The second-order valence-corrected chi connectivity index (χ2v) is 6.82. The van der Waals surface area contributed by atoms with Crippen molar-refractivity contribution in [1.82, 2.24) is 10.6 Å². The van der Waals surface area contributed by atoms with Crippen molar-refractivity contribution in [3.8, 4) is 0 Å². The summed E-state index contributed by atoms with van der Waals surface area (Å²) in [5, 5.41) is 5.99. The van der Waals surface area contributed by atoms with Gasteiger partial charge in [-0.1, -0.05) is 11.6 Å². The standard InChI is InChI=1S/C14H18BrClN2O2/c1-8(12(19)18-14(2,3)4)17-13(20)9-5-6-11(16)10(15)7-9/h5-8H,1-4H3,(H,17,20)(H,18,19). The Kier molecular flexibility index (Phi) is 5.59. The minimum absolute atomic E-state index is 0.223. The summed E-state index contributed by atoms with van der Waals surface area (Å²) in [7, 11) is 0. The van der Waals surface area contributed by atoms with E-state index in [1.54, 1.807) is 25.1 Å². The molecule has 1 atom stereocenters. The Balaban J connectivity index is 2.70. The van der Waals surface area contributed by atoms with Crippen LogP contribution in [0.5, 0.6) is 0 Å². The highest BCUT2D eigenvalue weighted by atomic mass is 79.9. The van der Waals surface area contributed by atoms with E-state index in [2.05, 4.69) is 26.6 Å². The first-order valence-corrected chi connectivity index (χ1v) is 7.35. The Labute approximate surface area is 132 Å². The fourth-order valence-corrected chi connectivity index (χ4v) is 1.96. The fourth-order valence-electron chi connectivity index (χ4n) is 1.46. The predicted octanol–water partition coefficient (Wildman–Crippen LogP) is 3.14. The van der Waals surface area contributed by atoms with Gasteiger partial charge in [0.1, 0.15) is 6.04 Å². The molecule has 1 unspecified atom stereocenters. The SMILES string of the molecule is CC(NC(=O)c1ccc(Cl)c(Br)c1)C(=O)NC(C)(C)C. The van der Waals surface area contributed by atoms with Gasteiger partial charge in [-0.05, 0) is 61.8 Å². The molecule has 110 valence electrons. The van der Waals surface area contributed by atoms with Crippen LogP contribution in [0, 0.1) is 0 Å². The molecule has 6 heteroatoms. The zero-order chi connectivity index (χ0) is 15.5. The van der Waals surface area contributed by atoms with E-state index in [1.807, 2.05) is 20.8 Å². The molecule has 0 saturated heterocycles. The fraction of sp³-hybridized carbons (Fsp3) is 0.429. The number of carbonyl (C=O) groups is 2. The van der Waals surface area contributed by atoms with E-state index in [0.717, 1.165) is 0 Å². The van der Waals surface area contributed by atoms with Gasteiger partial charge in [0, 0.05) is 15.6 Å². The number of amides is 2. The molecule has 0 radical (unpaired) electrons. The third kappa shape index (κ3) is 5.13. The molecule has 1 aromatic carbocycles. The van der Waals surface area contributed by atoms with Gasteiger partial charge in [0.25, 0.3) is 5.91 Å². The Morgan fingerprint density at radius 1 is 1.30 bits per heavy atom. The first kappa shape index (κ1) is 17.0. The molecule has 2 amide bonds. The first-order valence-electron chi connectivity index (χ1n) is 6.18. The summed E-state index contributed by atoms with van der Waals surface area (Å²) in [6.45, 7) is 7.30. The lowest BCUT2D eigenvalue weighted by Crippen LogP contribution is -2.50. The van der Waals surface area contributed by atoms with Crippen molar-refractivity contribution < 1.29 is 9.59 Å². The van der Waals surface area contributed by atoms with Crippen LogP contribution < -0.4 is 10.6 Å². The summed E-state index contributed by atoms with van der Waals surface area (Å²) >= 11 is 9.13. The van der Waals surface area contributed by atoms with Crippen molar-refractivity contribution in [3.05, 3.63) is 33.3 Å². The average Bonchev–Trinajstić information content (AvgIpc) is 2.30. The van der Waals surface area contributed by atoms with Crippen molar-refractivity contribution in [2.24, 2.45) is 0 Å². The normalized spacial score (nSPS) is 12.7. The second-order valence-electron chi connectivity index (χ2n) is 5.56. The molecule has 0 bridgehead atoms. The third-order valence-electron chi connectivity index (χ3n) is 2.42. The molecule has 20 heavy (non-hydrogen) atoms. The molecule has 0 spiro atoms. The molecule has 0 saturated carbocycles. The summed E-state index contributed by atoms with van der Waals surface area (Å²) in [4.78, 5) is 23.9. The number of halogens is 2. The lowest BCUT2D eigenvalue weighted by molar-refractivity contribution is -0.124. The molecule has 2 N–H and O–H groups in total. The van der Waals surface area contributed by atoms with Crippen LogP contribution in [0.1, 0.15) is 38.1 Å². The summed E-state index contributed by atoms with van der Waals surface area (Å²) < 4.78 is 0.638. The first-order chi connectivity index (χ1) is 9.10. The van der Waals surface area contributed by atoms with E-state index in [-0.39, 0.29) is 17.4 Å². The van der Waals surface area contributed by atoms with Crippen LogP contribution in [0.4, 0.5) is 0 Å². The second kappa shape index (κ2) is 6.59. The van der Waals surface area contributed by atoms with Gasteiger partial charge in [-0.25, -0.2) is 0 Å². The van der Waals surface area contributed by atoms with Gasteiger partial charge in [-0.3, -0.25) is 9.59 Å². The molecule has 0 aromatic heterocycles. The number of hydrogen-bond donors (Lipinski definition) is 2. The lowest BCUT2D eigenvalue weighted by Gasteiger charge is -2.23. The molecule has 1 rings (SSSR count). The van der Waals surface area contributed by atoms with Crippen LogP contribution in [0.25, 0.3) is 0 Å². The Bertz CT molecular complexity index is 526. The number of carbonyl (C=O) groups excluding carboxylic acids is 2. The summed E-state index contributed by atoms with van der Waals surface area (Å²) in [6.07, 6.45) is 0. The van der Waals surface area contributed by atoms with E-state index >= 15 is 0 Å². The molecular formula is C14H18BrClN2O2. The molecule has 0 aliphatic carbocycles. The Morgan fingerprint density at radius 2 is 1.90 bits per heavy atom. The molecule has 4 nitrogen and oxygen atoms in total. The largest absolute Gasteiger partial charge is 0.350 e. The summed E-state index contributed by atoms with van der Waals surface area (Å²) in [6, 6.07) is 4.24. The van der Waals surface area contributed by atoms with Crippen molar-refractivity contribution in [2.45, 2.75) is 39.3 Å². The molecular weight excluding hydrogens is 344 g/mol. The number of benzene rings is 1. The third-order valence-corrected chi connectivity index (χ3v) is 3.63. The number of rotatable bonds is 3. The summed E-state index contributed by atoms with van der Waals surface area (Å²) in [5.74, 6) is -0.544. The minimum Gasteiger partial charge on any atom is -0.350 e. The van der Waals surface area contributed by atoms with Gasteiger partial charge < -0.3 is 10.6 Å². The van der Waals surface area contributed by atoms with E-state index in [9.17, 15) is 9.59 Å². The quantitative estimate of drug-likeness (QED) is 0.869.